The van der Waals surface area contributed by atoms with Crippen LogP contribution >= 0.6 is 0 Å². The standard InChI is InChI=1S/C17H25FN4O3/c1-22-8-9-25-12-13(11-22)10-21-17(24)20-7-6-19-16(23)14-2-4-15(18)5-3-14/h2-5,13H,6-12H2,1H3,(H,19,23)(H2,20,21,24). The Hall–Kier alpha value is -2.19. The minimum absolute atomic E-state index is 0.261. The minimum Gasteiger partial charge on any atom is -0.380 e. The molecular formula is C17H25FN4O3. The number of carbonyl (C=O) groups excluding carboxylic acids is 2. The highest BCUT2D eigenvalue weighted by atomic mass is 19.1. The molecule has 1 atom stereocenters. The van der Waals surface area contributed by atoms with Crippen molar-refractivity contribution in [1.29, 1.82) is 0 Å². The Balaban J connectivity index is 1.58. The lowest BCUT2D eigenvalue weighted by Gasteiger charge is -2.19. The lowest BCUT2D eigenvalue weighted by molar-refractivity contribution is 0.0953. The van der Waals surface area contributed by atoms with E-state index in [4.69, 9.17) is 4.74 Å². The Morgan fingerprint density at radius 3 is 2.68 bits per heavy atom. The van der Waals surface area contributed by atoms with E-state index in [9.17, 15) is 14.0 Å². The molecule has 1 aliphatic rings. The lowest BCUT2D eigenvalue weighted by Crippen LogP contribution is -2.43. The van der Waals surface area contributed by atoms with Crippen molar-refractivity contribution in [3.63, 3.8) is 0 Å². The fourth-order valence-corrected chi connectivity index (χ4v) is 2.53. The second-order valence-corrected chi connectivity index (χ2v) is 6.10. The number of hydrogen-bond donors (Lipinski definition) is 3. The van der Waals surface area contributed by atoms with Crippen LogP contribution in [0.2, 0.25) is 0 Å². The zero-order valence-corrected chi connectivity index (χ0v) is 14.4. The van der Waals surface area contributed by atoms with Crippen LogP contribution in [0, 0.1) is 11.7 Å². The van der Waals surface area contributed by atoms with E-state index in [0.717, 1.165) is 13.1 Å². The summed E-state index contributed by atoms with van der Waals surface area (Å²) in [5, 5.41) is 8.16. The van der Waals surface area contributed by atoms with Gasteiger partial charge in [0.2, 0.25) is 0 Å². The van der Waals surface area contributed by atoms with Crippen LogP contribution in [-0.2, 0) is 4.74 Å². The highest BCUT2D eigenvalue weighted by Crippen LogP contribution is 2.04. The van der Waals surface area contributed by atoms with Gasteiger partial charge in [-0.15, -0.1) is 0 Å². The predicted octanol–water partition coefficient (Wildman–Crippen LogP) is 0.433. The van der Waals surface area contributed by atoms with Crippen molar-refractivity contribution in [3.05, 3.63) is 35.6 Å². The average Bonchev–Trinajstić information content (AvgIpc) is 2.81. The van der Waals surface area contributed by atoms with E-state index >= 15 is 0 Å². The van der Waals surface area contributed by atoms with E-state index < -0.39 is 0 Å². The van der Waals surface area contributed by atoms with Crippen LogP contribution in [0.3, 0.4) is 0 Å². The first-order valence-corrected chi connectivity index (χ1v) is 8.36. The molecule has 0 saturated carbocycles. The van der Waals surface area contributed by atoms with Crippen LogP contribution in [0.1, 0.15) is 10.4 Å². The van der Waals surface area contributed by atoms with E-state index in [1.54, 1.807) is 0 Å². The molecule has 1 saturated heterocycles. The summed E-state index contributed by atoms with van der Waals surface area (Å²) < 4.78 is 18.3. The number of rotatable bonds is 6. The molecule has 1 aliphatic heterocycles. The van der Waals surface area contributed by atoms with E-state index in [1.165, 1.54) is 24.3 Å². The Morgan fingerprint density at radius 1 is 1.20 bits per heavy atom. The molecule has 1 fully saturated rings. The van der Waals surface area contributed by atoms with E-state index in [2.05, 4.69) is 20.9 Å². The van der Waals surface area contributed by atoms with Crippen molar-refractivity contribution >= 4 is 11.9 Å². The van der Waals surface area contributed by atoms with Crippen molar-refractivity contribution in [2.45, 2.75) is 0 Å². The molecule has 2 rings (SSSR count). The normalized spacial score (nSPS) is 18.2. The van der Waals surface area contributed by atoms with Gasteiger partial charge in [0.1, 0.15) is 5.82 Å². The smallest absolute Gasteiger partial charge is 0.314 e. The molecule has 1 unspecified atom stereocenters. The van der Waals surface area contributed by atoms with Gasteiger partial charge in [-0.25, -0.2) is 9.18 Å². The Morgan fingerprint density at radius 2 is 1.92 bits per heavy atom. The van der Waals surface area contributed by atoms with E-state index in [1.807, 2.05) is 7.05 Å². The van der Waals surface area contributed by atoms with Crippen molar-refractivity contribution in [2.75, 3.05) is 53.0 Å². The number of urea groups is 1. The van der Waals surface area contributed by atoms with Gasteiger partial charge in [0, 0.05) is 44.2 Å². The van der Waals surface area contributed by atoms with Crippen LogP contribution in [0.15, 0.2) is 24.3 Å². The maximum Gasteiger partial charge on any atom is 0.314 e. The van der Waals surface area contributed by atoms with Crippen LogP contribution in [0.25, 0.3) is 0 Å². The fraction of sp³-hybridized carbons (Fsp3) is 0.529. The molecule has 1 aromatic rings. The summed E-state index contributed by atoms with van der Waals surface area (Å²) in [6, 6.07) is 5.01. The number of amides is 3. The largest absolute Gasteiger partial charge is 0.380 e. The highest BCUT2D eigenvalue weighted by Gasteiger charge is 2.16. The number of hydrogen-bond acceptors (Lipinski definition) is 4. The minimum atomic E-state index is -0.389. The third kappa shape index (κ3) is 7.06. The lowest BCUT2D eigenvalue weighted by atomic mass is 10.1. The van der Waals surface area contributed by atoms with Crippen molar-refractivity contribution < 1.29 is 18.7 Å². The average molecular weight is 352 g/mol. The number of benzene rings is 1. The first-order valence-electron chi connectivity index (χ1n) is 8.36. The SMILES string of the molecule is CN1CCOCC(CNC(=O)NCCNC(=O)c2ccc(F)cc2)C1. The summed E-state index contributed by atoms with van der Waals surface area (Å²) in [7, 11) is 2.03. The first kappa shape index (κ1) is 19.1. The maximum atomic E-state index is 12.8. The summed E-state index contributed by atoms with van der Waals surface area (Å²) in [5.74, 6) is -0.433. The molecule has 0 spiro atoms. The summed E-state index contributed by atoms with van der Waals surface area (Å²) in [5.41, 5.74) is 0.378. The Labute approximate surface area is 146 Å². The first-order chi connectivity index (χ1) is 12.0. The zero-order valence-electron chi connectivity index (χ0n) is 14.4. The van der Waals surface area contributed by atoms with Crippen molar-refractivity contribution in [1.82, 2.24) is 20.9 Å². The van der Waals surface area contributed by atoms with Gasteiger partial charge in [-0.05, 0) is 31.3 Å². The van der Waals surface area contributed by atoms with Crippen molar-refractivity contribution in [3.8, 4) is 0 Å². The van der Waals surface area contributed by atoms with Gasteiger partial charge in [0.25, 0.3) is 5.91 Å². The molecule has 0 aromatic heterocycles. The number of halogens is 1. The number of nitrogens with one attached hydrogen (secondary N) is 3. The van der Waals surface area contributed by atoms with Crippen LogP contribution in [-0.4, -0.2) is 69.8 Å². The van der Waals surface area contributed by atoms with Gasteiger partial charge in [-0.1, -0.05) is 0 Å². The third-order valence-corrected chi connectivity index (χ3v) is 3.89. The van der Waals surface area contributed by atoms with E-state index in [0.29, 0.717) is 38.4 Å². The molecule has 8 heteroatoms. The Bertz CT molecular complexity index is 568. The van der Waals surface area contributed by atoms with Gasteiger partial charge in [-0.3, -0.25) is 4.79 Å². The van der Waals surface area contributed by atoms with Crippen LogP contribution in [0.5, 0.6) is 0 Å². The molecule has 3 amide bonds. The van der Waals surface area contributed by atoms with Gasteiger partial charge < -0.3 is 25.6 Å². The maximum absolute atomic E-state index is 12.8. The number of ether oxygens (including phenoxy) is 1. The molecule has 25 heavy (non-hydrogen) atoms. The summed E-state index contributed by atoms with van der Waals surface area (Å²) in [6.45, 7) is 4.27. The summed E-state index contributed by atoms with van der Waals surface area (Å²) in [6.07, 6.45) is 0. The van der Waals surface area contributed by atoms with Crippen LogP contribution in [0.4, 0.5) is 9.18 Å². The van der Waals surface area contributed by atoms with Gasteiger partial charge in [-0.2, -0.15) is 0 Å². The molecule has 1 heterocycles. The van der Waals surface area contributed by atoms with Crippen molar-refractivity contribution in [2.24, 2.45) is 5.92 Å². The van der Waals surface area contributed by atoms with Crippen LogP contribution < -0.4 is 16.0 Å². The molecule has 0 radical (unpaired) electrons. The van der Waals surface area contributed by atoms with Gasteiger partial charge in [0.15, 0.2) is 0 Å². The molecule has 1 aromatic carbocycles. The quantitative estimate of drug-likeness (QED) is 0.649. The third-order valence-electron chi connectivity index (χ3n) is 3.89. The Kier molecular flexibility index (Phi) is 7.62. The molecule has 7 nitrogen and oxygen atoms in total. The second-order valence-electron chi connectivity index (χ2n) is 6.10. The summed E-state index contributed by atoms with van der Waals surface area (Å²) >= 11 is 0. The highest BCUT2D eigenvalue weighted by molar-refractivity contribution is 5.94. The summed E-state index contributed by atoms with van der Waals surface area (Å²) in [4.78, 5) is 25.8. The van der Waals surface area contributed by atoms with Gasteiger partial charge in [0.05, 0.1) is 13.2 Å². The topological polar surface area (TPSA) is 82.7 Å². The molecule has 0 aliphatic carbocycles. The zero-order chi connectivity index (χ0) is 18.1. The molecule has 138 valence electrons. The van der Waals surface area contributed by atoms with Gasteiger partial charge >= 0.3 is 6.03 Å². The second kappa shape index (κ2) is 9.95. The number of likely N-dealkylation sites (N-methyl/N-ethyl adjacent to an activating group) is 1. The fourth-order valence-electron chi connectivity index (χ4n) is 2.53. The predicted molar refractivity (Wildman–Crippen MR) is 91.9 cm³/mol. The monoisotopic (exact) mass is 352 g/mol. The number of carbonyl (C=O) groups is 2. The number of nitrogens with zero attached hydrogens (tertiary/aromatic N) is 1. The molecule has 3 N–H and O–H groups in total. The molecular weight excluding hydrogens is 327 g/mol. The van der Waals surface area contributed by atoms with E-state index in [-0.39, 0.29) is 23.7 Å². The molecule has 0 bridgehead atoms.